The number of amides is 2. The van der Waals surface area contributed by atoms with E-state index >= 15 is 0 Å². The maximum atomic E-state index is 12.7. The number of rotatable bonds is 7. The first kappa shape index (κ1) is 19.4. The molecule has 0 spiro atoms. The van der Waals surface area contributed by atoms with E-state index in [9.17, 15) is 9.59 Å². The molecule has 1 fully saturated rings. The van der Waals surface area contributed by atoms with E-state index in [0.717, 1.165) is 19.4 Å². The van der Waals surface area contributed by atoms with Crippen molar-refractivity contribution in [2.45, 2.75) is 58.7 Å². The molecule has 1 aromatic carbocycles. The van der Waals surface area contributed by atoms with E-state index < -0.39 is 6.04 Å². The molecule has 1 aliphatic rings. The summed E-state index contributed by atoms with van der Waals surface area (Å²) in [7, 11) is 1.85. The zero-order chi connectivity index (χ0) is 18.4. The number of hydrogen-bond acceptors (Lipinski definition) is 3. The van der Waals surface area contributed by atoms with E-state index in [1.165, 1.54) is 11.1 Å². The highest BCUT2D eigenvalue weighted by Crippen LogP contribution is 2.18. The van der Waals surface area contributed by atoms with Crippen molar-refractivity contribution in [2.75, 3.05) is 20.1 Å². The maximum absolute atomic E-state index is 12.7. The van der Waals surface area contributed by atoms with Gasteiger partial charge in [-0.3, -0.25) is 14.5 Å². The standard InChI is InChI=1S/C20H31N3O2/c1-5-17(6-2)22(4)19(24)13-18-20(25)21-11-12-23(18)14-16-10-8-7-9-15(16)3/h7-10,17-18H,5-6,11-14H2,1-4H3,(H,21,25)/t18-/m0/s1. The lowest BCUT2D eigenvalue weighted by atomic mass is 10.0. The molecule has 25 heavy (non-hydrogen) atoms. The zero-order valence-electron chi connectivity index (χ0n) is 15.9. The predicted octanol–water partition coefficient (Wildman–Crippen LogP) is 2.33. The van der Waals surface area contributed by atoms with Crippen LogP contribution in [0.1, 0.15) is 44.2 Å². The highest BCUT2D eigenvalue weighted by atomic mass is 16.2. The molecule has 0 radical (unpaired) electrons. The highest BCUT2D eigenvalue weighted by Gasteiger charge is 2.33. The van der Waals surface area contributed by atoms with Crippen LogP contribution in [-0.4, -0.2) is 53.8 Å². The molecule has 0 saturated carbocycles. The van der Waals surface area contributed by atoms with Crippen LogP contribution in [0.25, 0.3) is 0 Å². The van der Waals surface area contributed by atoms with E-state index in [4.69, 9.17) is 0 Å². The highest BCUT2D eigenvalue weighted by molar-refractivity contribution is 5.88. The van der Waals surface area contributed by atoms with Gasteiger partial charge in [-0.05, 0) is 30.9 Å². The Bertz CT molecular complexity index is 598. The summed E-state index contributed by atoms with van der Waals surface area (Å²) in [5.41, 5.74) is 2.43. The number of piperazine rings is 1. The van der Waals surface area contributed by atoms with Crippen LogP contribution in [0, 0.1) is 6.92 Å². The Morgan fingerprint density at radius 3 is 2.64 bits per heavy atom. The van der Waals surface area contributed by atoms with E-state index in [1.807, 2.05) is 24.1 Å². The molecule has 1 saturated heterocycles. The van der Waals surface area contributed by atoms with Crippen molar-refractivity contribution in [3.8, 4) is 0 Å². The van der Waals surface area contributed by atoms with Crippen LogP contribution in [0.15, 0.2) is 24.3 Å². The predicted molar refractivity (Wildman–Crippen MR) is 100 cm³/mol. The summed E-state index contributed by atoms with van der Waals surface area (Å²) in [6.07, 6.45) is 2.11. The number of carbonyl (C=O) groups excluding carboxylic acids is 2. The third-order valence-corrected chi connectivity index (χ3v) is 5.33. The van der Waals surface area contributed by atoms with Crippen LogP contribution in [0.5, 0.6) is 0 Å². The molecule has 0 aliphatic carbocycles. The number of carbonyl (C=O) groups is 2. The first-order valence-corrected chi connectivity index (χ1v) is 9.29. The van der Waals surface area contributed by atoms with E-state index in [-0.39, 0.29) is 24.3 Å². The van der Waals surface area contributed by atoms with Crippen LogP contribution in [-0.2, 0) is 16.1 Å². The minimum Gasteiger partial charge on any atom is -0.353 e. The third-order valence-electron chi connectivity index (χ3n) is 5.33. The Morgan fingerprint density at radius 2 is 2.00 bits per heavy atom. The van der Waals surface area contributed by atoms with E-state index in [2.05, 4.69) is 43.1 Å². The van der Waals surface area contributed by atoms with Crippen LogP contribution >= 0.6 is 0 Å². The van der Waals surface area contributed by atoms with E-state index in [1.54, 1.807) is 0 Å². The molecular formula is C20H31N3O2. The average Bonchev–Trinajstić information content (AvgIpc) is 2.60. The molecule has 1 aromatic rings. The van der Waals surface area contributed by atoms with Gasteiger partial charge in [0.1, 0.15) is 0 Å². The van der Waals surface area contributed by atoms with Crippen LogP contribution in [0.4, 0.5) is 0 Å². The van der Waals surface area contributed by atoms with Gasteiger partial charge in [-0.2, -0.15) is 0 Å². The number of benzene rings is 1. The second-order valence-corrected chi connectivity index (χ2v) is 6.88. The minimum absolute atomic E-state index is 0.0360. The lowest BCUT2D eigenvalue weighted by Crippen LogP contribution is -2.56. The summed E-state index contributed by atoms with van der Waals surface area (Å²) in [6, 6.07) is 8.07. The van der Waals surface area contributed by atoms with Gasteiger partial charge in [0.25, 0.3) is 0 Å². The number of nitrogens with zero attached hydrogens (tertiary/aromatic N) is 2. The monoisotopic (exact) mass is 345 g/mol. The second-order valence-electron chi connectivity index (χ2n) is 6.88. The molecule has 1 heterocycles. The molecule has 0 aromatic heterocycles. The van der Waals surface area contributed by atoms with Gasteiger partial charge in [-0.1, -0.05) is 38.1 Å². The van der Waals surface area contributed by atoms with Crippen molar-refractivity contribution >= 4 is 11.8 Å². The molecule has 1 aliphatic heterocycles. The van der Waals surface area contributed by atoms with Gasteiger partial charge in [0.15, 0.2) is 0 Å². The fraction of sp³-hybridized carbons (Fsp3) is 0.600. The second kappa shape index (κ2) is 8.99. The Hall–Kier alpha value is -1.88. The SMILES string of the molecule is CCC(CC)N(C)C(=O)C[C@H]1C(=O)NCCN1Cc1ccccc1C. The Kier molecular flexibility index (Phi) is 7.00. The largest absolute Gasteiger partial charge is 0.353 e. The van der Waals surface area contributed by atoms with Crippen LogP contribution in [0.2, 0.25) is 0 Å². The summed E-state index contributed by atoms with van der Waals surface area (Å²) in [5.74, 6) is 0.0108. The first-order chi connectivity index (χ1) is 12.0. The van der Waals surface area contributed by atoms with Gasteiger partial charge in [-0.15, -0.1) is 0 Å². The summed E-state index contributed by atoms with van der Waals surface area (Å²) in [6.45, 7) is 8.38. The smallest absolute Gasteiger partial charge is 0.237 e. The minimum atomic E-state index is -0.391. The van der Waals surface area contributed by atoms with Gasteiger partial charge in [0.2, 0.25) is 11.8 Å². The Balaban J connectivity index is 2.10. The molecule has 138 valence electrons. The topological polar surface area (TPSA) is 52.7 Å². The van der Waals surface area contributed by atoms with E-state index in [0.29, 0.717) is 13.1 Å². The maximum Gasteiger partial charge on any atom is 0.237 e. The fourth-order valence-electron chi connectivity index (χ4n) is 3.53. The van der Waals surface area contributed by atoms with Crippen molar-refractivity contribution in [3.63, 3.8) is 0 Å². The molecule has 0 bridgehead atoms. The van der Waals surface area contributed by atoms with Gasteiger partial charge < -0.3 is 10.2 Å². The molecule has 2 amide bonds. The van der Waals surface area contributed by atoms with Crippen molar-refractivity contribution in [2.24, 2.45) is 0 Å². The van der Waals surface area contributed by atoms with Crippen LogP contribution in [0.3, 0.4) is 0 Å². The molecule has 5 nitrogen and oxygen atoms in total. The Labute approximate surface area is 151 Å². The number of hydrogen-bond donors (Lipinski definition) is 1. The fourth-order valence-corrected chi connectivity index (χ4v) is 3.53. The lowest BCUT2D eigenvalue weighted by molar-refractivity contribution is -0.139. The van der Waals surface area contributed by atoms with Gasteiger partial charge >= 0.3 is 0 Å². The molecule has 2 rings (SSSR count). The number of aryl methyl sites for hydroxylation is 1. The summed E-state index contributed by atoms with van der Waals surface area (Å²) < 4.78 is 0. The van der Waals surface area contributed by atoms with Crippen LogP contribution < -0.4 is 5.32 Å². The van der Waals surface area contributed by atoms with Crippen molar-refractivity contribution in [1.29, 1.82) is 0 Å². The third kappa shape index (κ3) is 4.82. The average molecular weight is 345 g/mol. The van der Waals surface area contributed by atoms with Crippen molar-refractivity contribution in [1.82, 2.24) is 15.1 Å². The normalized spacial score (nSPS) is 18.3. The zero-order valence-corrected chi connectivity index (χ0v) is 15.9. The summed E-state index contributed by atoms with van der Waals surface area (Å²) >= 11 is 0. The van der Waals surface area contributed by atoms with Crippen molar-refractivity contribution < 1.29 is 9.59 Å². The van der Waals surface area contributed by atoms with Gasteiger partial charge in [0, 0.05) is 32.7 Å². The van der Waals surface area contributed by atoms with Crippen molar-refractivity contribution in [3.05, 3.63) is 35.4 Å². The quantitative estimate of drug-likeness (QED) is 0.825. The first-order valence-electron chi connectivity index (χ1n) is 9.29. The van der Waals surface area contributed by atoms with Gasteiger partial charge in [0.05, 0.1) is 12.5 Å². The molecule has 1 N–H and O–H groups in total. The Morgan fingerprint density at radius 1 is 1.32 bits per heavy atom. The van der Waals surface area contributed by atoms with Gasteiger partial charge in [-0.25, -0.2) is 0 Å². The summed E-state index contributed by atoms with van der Waals surface area (Å²) in [5, 5.41) is 2.91. The molecule has 1 atom stereocenters. The number of nitrogens with one attached hydrogen (secondary N) is 1. The summed E-state index contributed by atoms with van der Waals surface area (Å²) in [4.78, 5) is 29.1. The molecule has 0 unspecified atom stereocenters. The molecular weight excluding hydrogens is 314 g/mol. The molecule has 5 heteroatoms. The lowest BCUT2D eigenvalue weighted by Gasteiger charge is -2.36.